The minimum Gasteiger partial charge on any atom is -0.357 e. The van der Waals surface area contributed by atoms with Crippen molar-refractivity contribution in [3.8, 4) is 0 Å². The average molecular weight is 282 g/mol. The lowest BCUT2D eigenvalue weighted by Crippen LogP contribution is -2.25. The Hall–Kier alpha value is -1.83. The fourth-order valence-corrected chi connectivity index (χ4v) is 2.57. The van der Waals surface area contributed by atoms with Crippen molar-refractivity contribution in [1.29, 1.82) is 0 Å². The SMILES string of the molecule is CCCN(CCC)c1ccc(CCc2ccccc2)cn1. The first-order valence-corrected chi connectivity index (χ1v) is 8.07. The molecule has 0 fully saturated rings. The number of nitrogens with zero attached hydrogens (tertiary/aromatic N) is 2. The van der Waals surface area contributed by atoms with E-state index in [1.807, 2.05) is 6.20 Å². The van der Waals surface area contributed by atoms with Crippen molar-refractivity contribution in [3.05, 3.63) is 59.8 Å². The van der Waals surface area contributed by atoms with Gasteiger partial charge >= 0.3 is 0 Å². The van der Waals surface area contributed by atoms with Crippen molar-refractivity contribution < 1.29 is 0 Å². The number of anilines is 1. The van der Waals surface area contributed by atoms with E-state index in [4.69, 9.17) is 0 Å². The van der Waals surface area contributed by atoms with Gasteiger partial charge in [0.05, 0.1) is 0 Å². The van der Waals surface area contributed by atoms with Gasteiger partial charge in [-0.05, 0) is 42.9 Å². The Bertz CT molecular complexity index is 499. The van der Waals surface area contributed by atoms with Gasteiger partial charge in [-0.1, -0.05) is 50.2 Å². The highest BCUT2D eigenvalue weighted by atomic mass is 15.2. The van der Waals surface area contributed by atoms with Crippen molar-refractivity contribution in [2.75, 3.05) is 18.0 Å². The van der Waals surface area contributed by atoms with Crippen molar-refractivity contribution in [1.82, 2.24) is 4.98 Å². The third-order valence-electron chi connectivity index (χ3n) is 3.67. The second-order valence-electron chi connectivity index (χ2n) is 5.50. The highest BCUT2D eigenvalue weighted by Crippen LogP contribution is 2.14. The number of rotatable bonds is 8. The molecule has 2 aromatic rings. The van der Waals surface area contributed by atoms with Gasteiger partial charge in [0.15, 0.2) is 0 Å². The van der Waals surface area contributed by atoms with E-state index in [0.717, 1.165) is 44.6 Å². The molecule has 21 heavy (non-hydrogen) atoms. The summed E-state index contributed by atoms with van der Waals surface area (Å²) in [5, 5.41) is 0. The first-order chi connectivity index (χ1) is 10.3. The fourth-order valence-electron chi connectivity index (χ4n) is 2.57. The number of hydrogen-bond acceptors (Lipinski definition) is 2. The van der Waals surface area contributed by atoms with Crippen molar-refractivity contribution in [3.63, 3.8) is 0 Å². The monoisotopic (exact) mass is 282 g/mol. The van der Waals surface area contributed by atoms with Crippen LogP contribution in [0.5, 0.6) is 0 Å². The van der Waals surface area contributed by atoms with Gasteiger partial charge in [-0.2, -0.15) is 0 Å². The van der Waals surface area contributed by atoms with E-state index in [-0.39, 0.29) is 0 Å². The second-order valence-corrected chi connectivity index (χ2v) is 5.50. The summed E-state index contributed by atoms with van der Waals surface area (Å²) in [6, 6.07) is 15.0. The Morgan fingerprint density at radius 2 is 1.48 bits per heavy atom. The molecule has 0 radical (unpaired) electrons. The molecule has 0 amide bonds. The molecule has 1 heterocycles. The van der Waals surface area contributed by atoms with Crippen LogP contribution in [0, 0.1) is 0 Å². The molecule has 0 spiro atoms. The molecule has 0 unspecified atom stereocenters. The van der Waals surface area contributed by atoms with Gasteiger partial charge in [-0.15, -0.1) is 0 Å². The van der Waals surface area contributed by atoms with E-state index in [1.54, 1.807) is 0 Å². The third-order valence-corrected chi connectivity index (χ3v) is 3.67. The van der Waals surface area contributed by atoms with Crippen LogP contribution in [0.4, 0.5) is 5.82 Å². The summed E-state index contributed by atoms with van der Waals surface area (Å²) in [6.45, 7) is 6.61. The van der Waals surface area contributed by atoms with E-state index in [0.29, 0.717) is 0 Å². The smallest absolute Gasteiger partial charge is 0.128 e. The molecule has 0 aliphatic heterocycles. The molecular formula is C19H26N2. The zero-order valence-corrected chi connectivity index (χ0v) is 13.3. The predicted octanol–water partition coefficient (Wildman–Crippen LogP) is 4.49. The number of aromatic nitrogens is 1. The Morgan fingerprint density at radius 3 is 2.05 bits per heavy atom. The van der Waals surface area contributed by atoms with Gasteiger partial charge < -0.3 is 4.90 Å². The molecule has 0 bridgehead atoms. The fraction of sp³-hybridized carbons (Fsp3) is 0.421. The number of benzene rings is 1. The lowest BCUT2D eigenvalue weighted by atomic mass is 10.1. The van der Waals surface area contributed by atoms with Gasteiger partial charge in [0.2, 0.25) is 0 Å². The molecule has 0 N–H and O–H groups in total. The van der Waals surface area contributed by atoms with Gasteiger partial charge in [-0.3, -0.25) is 0 Å². The van der Waals surface area contributed by atoms with Gasteiger partial charge in [0.1, 0.15) is 5.82 Å². The minimum absolute atomic E-state index is 1.05. The molecular weight excluding hydrogens is 256 g/mol. The largest absolute Gasteiger partial charge is 0.357 e. The maximum absolute atomic E-state index is 4.65. The average Bonchev–Trinajstić information content (AvgIpc) is 2.54. The molecule has 0 aliphatic carbocycles. The van der Waals surface area contributed by atoms with Crippen molar-refractivity contribution in [2.45, 2.75) is 39.5 Å². The van der Waals surface area contributed by atoms with Crippen molar-refractivity contribution in [2.24, 2.45) is 0 Å². The molecule has 1 aromatic carbocycles. The first-order valence-electron chi connectivity index (χ1n) is 8.07. The highest BCUT2D eigenvalue weighted by molar-refractivity contribution is 5.39. The van der Waals surface area contributed by atoms with Crippen LogP contribution in [-0.2, 0) is 12.8 Å². The van der Waals surface area contributed by atoms with Crippen LogP contribution in [0.15, 0.2) is 48.7 Å². The molecule has 112 valence electrons. The van der Waals surface area contributed by atoms with E-state index in [1.165, 1.54) is 11.1 Å². The van der Waals surface area contributed by atoms with Crippen LogP contribution >= 0.6 is 0 Å². The summed E-state index contributed by atoms with van der Waals surface area (Å²) in [6.07, 6.45) is 6.50. The van der Waals surface area contributed by atoms with Gasteiger partial charge in [-0.25, -0.2) is 4.98 Å². The van der Waals surface area contributed by atoms with Gasteiger partial charge in [0.25, 0.3) is 0 Å². The molecule has 0 saturated carbocycles. The zero-order valence-electron chi connectivity index (χ0n) is 13.3. The molecule has 2 nitrogen and oxygen atoms in total. The second kappa shape index (κ2) is 8.46. The summed E-state index contributed by atoms with van der Waals surface area (Å²) in [5.74, 6) is 1.11. The lowest BCUT2D eigenvalue weighted by Gasteiger charge is -2.22. The van der Waals surface area contributed by atoms with E-state index in [2.05, 4.69) is 66.2 Å². The van der Waals surface area contributed by atoms with Crippen LogP contribution in [0.3, 0.4) is 0 Å². The topological polar surface area (TPSA) is 16.1 Å². The van der Waals surface area contributed by atoms with Crippen LogP contribution in [0.2, 0.25) is 0 Å². The van der Waals surface area contributed by atoms with E-state index < -0.39 is 0 Å². The Balaban J connectivity index is 1.94. The van der Waals surface area contributed by atoms with Crippen LogP contribution in [0.25, 0.3) is 0 Å². The summed E-state index contributed by atoms with van der Waals surface area (Å²) in [5.41, 5.74) is 2.70. The third kappa shape index (κ3) is 4.89. The number of aryl methyl sites for hydroxylation is 2. The summed E-state index contributed by atoms with van der Waals surface area (Å²) in [7, 11) is 0. The zero-order chi connectivity index (χ0) is 14.9. The molecule has 1 aromatic heterocycles. The molecule has 0 atom stereocenters. The first kappa shape index (κ1) is 15.6. The Labute approximate surface area is 128 Å². The summed E-state index contributed by atoms with van der Waals surface area (Å²) in [4.78, 5) is 7.03. The Kier molecular flexibility index (Phi) is 6.26. The highest BCUT2D eigenvalue weighted by Gasteiger charge is 2.05. The van der Waals surface area contributed by atoms with Crippen molar-refractivity contribution >= 4 is 5.82 Å². The van der Waals surface area contributed by atoms with E-state index >= 15 is 0 Å². The minimum atomic E-state index is 1.05. The van der Waals surface area contributed by atoms with Crippen LogP contribution in [0.1, 0.15) is 37.8 Å². The maximum Gasteiger partial charge on any atom is 0.128 e. The quantitative estimate of drug-likeness (QED) is 0.709. The number of pyridine rings is 1. The summed E-state index contributed by atoms with van der Waals surface area (Å²) < 4.78 is 0. The standard InChI is InChI=1S/C19H26N2/c1-3-14-21(15-4-2)19-13-12-18(16-20-19)11-10-17-8-6-5-7-9-17/h5-9,12-13,16H,3-4,10-11,14-15H2,1-2H3. The number of hydrogen-bond donors (Lipinski definition) is 0. The van der Waals surface area contributed by atoms with Gasteiger partial charge in [0, 0.05) is 19.3 Å². The van der Waals surface area contributed by atoms with Crippen LogP contribution < -0.4 is 4.90 Å². The molecule has 2 rings (SSSR count). The normalized spacial score (nSPS) is 10.6. The maximum atomic E-state index is 4.65. The lowest BCUT2D eigenvalue weighted by molar-refractivity contribution is 0.733. The molecule has 2 heteroatoms. The molecule has 0 aliphatic rings. The summed E-state index contributed by atoms with van der Waals surface area (Å²) >= 11 is 0. The Morgan fingerprint density at radius 1 is 0.810 bits per heavy atom. The van der Waals surface area contributed by atoms with Crippen LogP contribution in [-0.4, -0.2) is 18.1 Å². The van der Waals surface area contributed by atoms with E-state index in [9.17, 15) is 0 Å². The predicted molar refractivity (Wildman–Crippen MR) is 90.9 cm³/mol. The molecule has 0 saturated heterocycles.